The molecule has 0 fully saturated rings. The van der Waals surface area contributed by atoms with Crippen molar-refractivity contribution < 1.29 is 9.47 Å². The first-order chi connectivity index (χ1) is 8.90. The lowest BCUT2D eigenvalue weighted by molar-refractivity contribution is 0.174. The minimum atomic E-state index is 0.350. The van der Waals surface area contributed by atoms with E-state index in [9.17, 15) is 0 Å². The largest absolute Gasteiger partial charge is 0.454 e. The normalized spacial score (nSPS) is 12.9. The third-order valence-corrected chi connectivity index (χ3v) is 3.06. The highest BCUT2D eigenvalue weighted by molar-refractivity contribution is 5.44. The van der Waals surface area contributed by atoms with Crippen molar-refractivity contribution in [2.24, 2.45) is 0 Å². The second kappa shape index (κ2) is 7.24. The molecule has 0 amide bonds. The first-order valence-corrected chi connectivity index (χ1v) is 6.64. The minimum Gasteiger partial charge on any atom is -0.454 e. The van der Waals surface area contributed by atoms with Gasteiger partial charge in [0.25, 0.3) is 0 Å². The molecule has 1 aromatic carbocycles. The molecule has 100 valence electrons. The van der Waals surface area contributed by atoms with E-state index >= 15 is 0 Å². The fourth-order valence-electron chi connectivity index (χ4n) is 2.01. The van der Waals surface area contributed by atoms with Crippen molar-refractivity contribution >= 4 is 0 Å². The fraction of sp³-hybridized carbons (Fsp3) is 0.571. The van der Waals surface area contributed by atoms with Crippen molar-refractivity contribution in [3.8, 4) is 11.5 Å². The van der Waals surface area contributed by atoms with Crippen LogP contribution in [-0.2, 0) is 6.42 Å². The first-order valence-electron chi connectivity index (χ1n) is 6.64. The van der Waals surface area contributed by atoms with Crippen LogP contribution in [0.3, 0.4) is 0 Å². The van der Waals surface area contributed by atoms with Gasteiger partial charge in [0.2, 0.25) is 6.79 Å². The van der Waals surface area contributed by atoms with Gasteiger partial charge in [-0.2, -0.15) is 0 Å². The lowest BCUT2D eigenvalue weighted by atomic mass is 10.1. The summed E-state index contributed by atoms with van der Waals surface area (Å²) in [5, 5.41) is 6.62. The van der Waals surface area contributed by atoms with Crippen LogP contribution in [0.4, 0.5) is 0 Å². The molecule has 18 heavy (non-hydrogen) atoms. The minimum absolute atomic E-state index is 0.350. The Kier molecular flexibility index (Phi) is 5.30. The first kappa shape index (κ1) is 13.2. The Morgan fingerprint density at radius 3 is 2.78 bits per heavy atom. The summed E-state index contributed by atoms with van der Waals surface area (Å²) in [5.74, 6) is 1.74. The molecule has 0 aliphatic carbocycles. The number of benzene rings is 1. The molecule has 0 spiro atoms. The van der Waals surface area contributed by atoms with Gasteiger partial charge >= 0.3 is 0 Å². The molecule has 0 unspecified atom stereocenters. The van der Waals surface area contributed by atoms with Crippen molar-refractivity contribution in [1.82, 2.24) is 10.6 Å². The average molecular weight is 250 g/mol. The zero-order chi connectivity index (χ0) is 12.6. The van der Waals surface area contributed by atoms with Crippen LogP contribution in [0.25, 0.3) is 0 Å². The highest BCUT2D eigenvalue weighted by atomic mass is 16.7. The summed E-state index contributed by atoms with van der Waals surface area (Å²) in [4.78, 5) is 0. The lowest BCUT2D eigenvalue weighted by Gasteiger charge is -2.05. The van der Waals surface area contributed by atoms with E-state index in [2.05, 4.69) is 22.8 Å². The monoisotopic (exact) mass is 250 g/mol. The summed E-state index contributed by atoms with van der Waals surface area (Å²) >= 11 is 0. The smallest absolute Gasteiger partial charge is 0.231 e. The topological polar surface area (TPSA) is 42.5 Å². The van der Waals surface area contributed by atoms with Crippen LogP contribution in [0.15, 0.2) is 18.2 Å². The molecule has 0 saturated carbocycles. The Labute approximate surface area is 109 Å². The summed E-state index contributed by atoms with van der Waals surface area (Å²) in [6.07, 6.45) is 3.48. The van der Waals surface area contributed by atoms with Crippen LogP contribution >= 0.6 is 0 Å². The van der Waals surface area contributed by atoms with E-state index in [-0.39, 0.29) is 0 Å². The maximum atomic E-state index is 5.36. The van der Waals surface area contributed by atoms with Crippen LogP contribution in [0.1, 0.15) is 18.4 Å². The van der Waals surface area contributed by atoms with Gasteiger partial charge in [0, 0.05) is 0 Å². The third-order valence-electron chi connectivity index (χ3n) is 3.06. The fourth-order valence-corrected chi connectivity index (χ4v) is 2.01. The molecule has 1 aromatic rings. The number of ether oxygens (including phenoxy) is 2. The van der Waals surface area contributed by atoms with E-state index in [4.69, 9.17) is 9.47 Å². The van der Waals surface area contributed by atoms with E-state index in [0.717, 1.165) is 37.6 Å². The molecule has 0 aromatic heterocycles. The molecule has 2 rings (SSSR count). The van der Waals surface area contributed by atoms with Crippen LogP contribution in [-0.4, -0.2) is 33.5 Å². The lowest BCUT2D eigenvalue weighted by Crippen LogP contribution is -2.19. The number of hydrogen-bond acceptors (Lipinski definition) is 4. The van der Waals surface area contributed by atoms with Crippen molar-refractivity contribution in [3.63, 3.8) is 0 Å². The molecule has 1 aliphatic rings. The number of rotatable bonds is 8. The summed E-state index contributed by atoms with van der Waals surface area (Å²) in [7, 11) is 1.99. The standard InChI is InChI=1S/C14H22N2O2/c1-15-7-2-3-8-16-9-6-12-4-5-13-14(10-12)18-11-17-13/h4-5,10,15-16H,2-3,6-9,11H2,1H3. The number of nitrogens with one attached hydrogen (secondary N) is 2. The number of fused-ring (bicyclic) bond motifs is 1. The van der Waals surface area contributed by atoms with Gasteiger partial charge in [-0.1, -0.05) is 6.07 Å². The van der Waals surface area contributed by atoms with Gasteiger partial charge in [0.05, 0.1) is 0 Å². The maximum Gasteiger partial charge on any atom is 0.231 e. The van der Waals surface area contributed by atoms with Gasteiger partial charge in [0.1, 0.15) is 0 Å². The molecule has 4 heteroatoms. The molecule has 0 radical (unpaired) electrons. The highest BCUT2D eigenvalue weighted by Gasteiger charge is 2.12. The van der Waals surface area contributed by atoms with E-state index in [1.165, 1.54) is 18.4 Å². The van der Waals surface area contributed by atoms with Crippen molar-refractivity contribution in [1.29, 1.82) is 0 Å². The van der Waals surface area contributed by atoms with Gasteiger partial charge in [-0.15, -0.1) is 0 Å². The Morgan fingerprint density at radius 2 is 1.89 bits per heavy atom. The van der Waals surface area contributed by atoms with Gasteiger partial charge in [-0.25, -0.2) is 0 Å². The van der Waals surface area contributed by atoms with Gasteiger partial charge in [0.15, 0.2) is 11.5 Å². The molecule has 0 bridgehead atoms. The molecule has 2 N–H and O–H groups in total. The van der Waals surface area contributed by atoms with E-state index in [1.807, 2.05) is 13.1 Å². The number of hydrogen-bond donors (Lipinski definition) is 2. The number of unbranched alkanes of at least 4 members (excludes halogenated alkanes) is 1. The second-order valence-corrected chi connectivity index (χ2v) is 4.50. The van der Waals surface area contributed by atoms with Gasteiger partial charge in [-0.05, 0) is 63.6 Å². The van der Waals surface area contributed by atoms with Crippen LogP contribution in [0, 0.1) is 0 Å². The average Bonchev–Trinajstić information content (AvgIpc) is 2.85. The van der Waals surface area contributed by atoms with Crippen molar-refractivity contribution in [2.45, 2.75) is 19.3 Å². The quantitative estimate of drug-likeness (QED) is 0.687. The zero-order valence-corrected chi connectivity index (χ0v) is 11.0. The molecule has 1 heterocycles. The van der Waals surface area contributed by atoms with Crippen molar-refractivity contribution in [2.75, 3.05) is 33.5 Å². The maximum absolute atomic E-state index is 5.36. The van der Waals surface area contributed by atoms with Crippen LogP contribution in [0.5, 0.6) is 11.5 Å². The summed E-state index contributed by atoms with van der Waals surface area (Å²) < 4.78 is 10.7. The second-order valence-electron chi connectivity index (χ2n) is 4.50. The van der Waals surface area contributed by atoms with Gasteiger partial charge < -0.3 is 20.1 Å². The molecule has 4 nitrogen and oxygen atoms in total. The highest BCUT2D eigenvalue weighted by Crippen LogP contribution is 2.32. The SMILES string of the molecule is CNCCCCNCCc1ccc2c(c1)OCO2. The molecule has 0 saturated heterocycles. The predicted molar refractivity (Wildman–Crippen MR) is 72.3 cm³/mol. The molecular formula is C14H22N2O2. The molecular weight excluding hydrogens is 228 g/mol. The zero-order valence-electron chi connectivity index (χ0n) is 11.0. The van der Waals surface area contributed by atoms with E-state index in [0.29, 0.717) is 6.79 Å². The summed E-state index contributed by atoms with van der Waals surface area (Å²) in [6, 6.07) is 6.17. The van der Waals surface area contributed by atoms with Crippen LogP contribution in [0.2, 0.25) is 0 Å². The molecule has 1 aliphatic heterocycles. The van der Waals surface area contributed by atoms with Crippen molar-refractivity contribution in [3.05, 3.63) is 23.8 Å². The Hall–Kier alpha value is -1.26. The van der Waals surface area contributed by atoms with Crippen LogP contribution < -0.4 is 20.1 Å². The summed E-state index contributed by atoms with van der Waals surface area (Å²) in [5.41, 5.74) is 1.29. The predicted octanol–water partition coefficient (Wildman–Crippen LogP) is 1.55. The van der Waals surface area contributed by atoms with E-state index < -0.39 is 0 Å². The molecule has 0 atom stereocenters. The third kappa shape index (κ3) is 3.89. The Bertz CT molecular complexity index is 369. The Balaban J connectivity index is 1.62. The van der Waals surface area contributed by atoms with E-state index in [1.54, 1.807) is 0 Å². The Morgan fingerprint density at radius 1 is 1.06 bits per heavy atom. The van der Waals surface area contributed by atoms with Gasteiger partial charge in [-0.3, -0.25) is 0 Å². The summed E-state index contributed by atoms with van der Waals surface area (Å²) in [6.45, 7) is 3.55.